The van der Waals surface area contributed by atoms with Gasteiger partial charge in [-0.15, -0.1) is 0 Å². The molecule has 0 aromatic carbocycles. The van der Waals surface area contributed by atoms with Crippen LogP contribution in [0.3, 0.4) is 0 Å². The molecule has 0 unspecified atom stereocenters. The molecule has 0 atom stereocenters. The van der Waals surface area contributed by atoms with Crippen molar-refractivity contribution in [2.45, 2.75) is 5.03 Å². The van der Waals surface area contributed by atoms with Crippen molar-refractivity contribution in [2.24, 2.45) is 7.05 Å². The molecule has 13 heavy (non-hydrogen) atoms. The first kappa shape index (κ1) is 9.52. The van der Waals surface area contributed by atoms with Gasteiger partial charge in [-0.05, 0) is 6.07 Å². The van der Waals surface area contributed by atoms with Gasteiger partial charge >= 0.3 is 6.09 Å². The summed E-state index contributed by atoms with van der Waals surface area (Å²) in [5, 5.41) is 11.4. The summed E-state index contributed by atoms with van der Waals surface area (Å²) in [4.78, 5) is 10.1. The largest absolute Gasteiger partial charge is 0.464 e. The van der Waals surface area contributed by atoms with Crippen LogP contribution in [0.4, 0.5) is 4.79 Å². The molecular weight excluding hydrogens is 198 g/mol. The summed E-state index contributed by atoms with van der Waals surface area (Å²) in [6, 6.07) is 1.20. The van der Waals surface area contributed by atoms with Crippen molar-refractivity contribution in [2.75, 3.05) is 0 Å². The lowest BCUT2D eigenvalue weighted by Gasteiger charge is -1.97. The Kier molecular flexibility index (Phi) is 2.24. The Morgan fingerprint density at radius 3 is 2.69 bits per heavy atom. The molecular formula is C5H7N3O4S. The molecule has 1 heterocycles. The van der Waals surface area contributed by atoms with Gasteiger partial charge in [-0.2, -0.15) is 13.5 Å². The van der Waals surface area contributed by atoms with E-state index in [9.17, 15) is 13.2 Å². The van der Waals surface area contributed by atoms with Gasteiger partial charge < -0.3 is 5.11 Å². The van der Waals surface area contributed by atoms with Crippen molar-refractivity contribution < 1.29 is 18.3 Å². The van der Waals surface area contributed by atoms with E-state index in [1.165, 1.54) is 28.7 Å². The highest BCUT2D eigenvalue weighted by atomic mass is 32.2. The maximum Gasteiger partial charge on any atom is 0.418 e. The normalized spacial score (nSPS) is 11.2. The zero-order valence-corrected chi connectivity index (χ0v) is 7.45. The third-order valence-electron chi connectivity index (χ3n) is 1.19. The molecule has 0 saturated carbocycles. The average molecular weight is 205 g/mol. The van der Waals surface area contributed by atoms with E-state index in [-0.39, 0.29) is 5.03 Å². The van der Waals surface area contributed by atoms with Gasteiger partial charge in [0.1, 0.15) is 0 Å². The Morgan fingerprint density at radius 2 is 2.31 bits per heavy atom. The van der Waals surface area contributed by atoms with E-state index in [2.05, 4.69) is 5.10 Å². The Morgan fingerprint density at radius 1 is 1.69 bits per heavy atom. The number of sulfonamides is 1. The number of hydrogen-bond donors (Lipinski definition) is 2. The van der Waals surface area contributed by atoms with Crippen LogP contribution in [0.2, 0.25) is 0 Å². The maximum atomic E-state index is 11.1. The number of aromatic nitrogens is 2. The quantitative estimate of drug-likeness (QED) is 0.669. The molecule has 0 radical (unpaired) electrons. The molecule has 0 saturated heterocycles. The summed E-state index contributed by atoms with van der Waals surface area (Å²) < 4.78 is 24.8. The molecule has 0 spiro atoms. The predicted octanol–water partition coefficient (Wildman–Crippen LogP) is -0.624. The Balaban J connectivity index is 3.01. The Labute approximate surface area is 74.0 Å². The van der Waals surface area contributed by atoms with Crippen LogP contribution in [-0.4, -0.2) is 29.4 Å². The van der Waals surface area contributed by atoms with E-state index in [0.29, 0.717) is 0 Å². The zero-order valence-electron chi connectivity index (χ0n) is 6.63. The van der Waals surface area contributed by atoms with E-state index in [0.717, 1.165) is 0 Å². The van der Waals surface area contributed by atoms with Crippen LogP contribution < -0.4 is 4.72 Å². The van der Waals surface area contributed by atoms with Crippen LogP contribution in [0.25, 0.3) is 0 Å². The minimum atomic E-state index is -4.02. The first-order chi connectivity index (χ1) is 5.92. The molecule has 8 heteroatoms. The zero-order chi connectivity index (χ0) is 10.1. The van der Waals surface area contributed by atoms with Crippen molar-refractivity contribution in [3.8, 4) is 0 Å². The second kappa shape index (κ2) is 3.05. The fourth-order valence-electron chi connectivity index (χ4n) is 0.704. The monoisotopic (exact) mass is 205 g/mol. The summed E-state index contributed by atoms with van der Waals surface area (Å²) in [5.74, 6) is 0. The summed E-state index contributed by atoms with van der Waals surface area (Å²) in [6.07, 6.45) is -0.234. The van der Waals surface area contributed by atoms with Gasteiger partial charge in [0.15, 0.2) is 5.03 Å². The van der Waals surface area contributed by atoms with Gasteiger partial charge in [-0.25, -0.2) is 9.52 Å². The molecule has 1 aromatic rings. The lowest BCUT2D eigenvalue weighted by Crippen LogP contribution is -2.29. The van der Waals surface area contributed by atoms with Crippen molar-refractivity contribution in [3.63, 3.8) is 0 Å². The molecule has 0 aliphatic carbocycles. The van der Waals surface area contributed by atoms with Gasteiger partial charge in [-0.3, -0.25) is 4.68 Å². The highest BCUT2D eigenvalue weighted by Gasteiger charge is 2.19. The number of carbonyl (C=O) groups is 1. The van der Waals surface area contributed by atoms with Gasteiger partial charge in [0.05, 0.1) is 0 Å². The number of aryl methyl sites for hydroxylation is 1. The average Bonchev–Trinajstić information content (AvgIpc) is 2.32. The van der Waals surface area contributed by atoms with Gasteiger partial charge in [-0.1, -0.05) is 0 Å². The molecule has 2 N–H and O–H groups in total. The van der Waals surface area contributed by atoms with E-state index in [1.54, 1.807) is 0 Å². The second-order valence-electron chi connectivity index (χ2n) is 2.24. The van der Waals surface area contributed by atoms with E-state index in [4.69, 9.17) is 5.11 Å². The molecule has 0 aliphatic heterocycles. The standard InChI is InChI=1S/C5H7N3O4S/c1-8-3-2-4(6-8)13(11,12)7-5(9)10/h2-3,7H,1H3,(H,9,10). The number of rotatable bonds is 2. The van der Waals surface area contributed by atoms with Crippen LogP contribution in [0, 0.1) is 0 Å². The second-order valence-corrected chi connectivity index (χ2v) is 3.87. The molecule has 1 aromatic heterocycles. The lowest BCUT2D eigenvalue weighted by molar-refractivity contribution is 0.201. The number of nitrogens with zero attached hydrogens (tertiary/aromatic N) is 2. The highest BCUT2D eigenvalue weighted by Crippen LogP contribution is 2.02. The van der Waals surface area contributed by atoms with Crippen molar-refractivity contribution in [3.05, 3.63) is 12.3 Å². The van der Waals surface area contributed by atoms with Gasteiger partial charge in [0.25, 0.3) is 10.0 Å². The number of amides is 1. The SMILES string of the molecule is Cn1ccc(S(=O)(=O)NC(=O)O)n1. The van der Waals surface area contributed by atoms with Crippen LogP contribution in [0.15, 0.2) is 17.3 Å². The fraction of sp³-hybridized carbons (Fsp3) is 0.200. The smallest absolute Gasteiger partial charge is 0.418 e. The van der Waals surface area contributed by atoms with Crippen molar-refractivity contribution in [1.82, 2.24) is 14.5 Å². The van der Waals surface area contributed by atoms with Gasteiger partial charge in [0, 0.05) is 13.2 Å². The predicted molar refractivity (Wildman–Crippen MR) is 41.6 cm³/mol. The van der Waals surface area contributed by atoms with Crippen LogP contribution in [0.5, 0.6) is 0 Å². The van der Waals surface area contributed by atoms with Crippen molar-refractivity contribution in [1.29, 1.82) is 0 Å². The Hall–Kier alpha value is -1.57. The van der Waals surface area contributed by atoms with Crippen LogP contribution in [-0.2, 0) is 17.1 Å². The highest BCUT2D eigenvalue weighted by molar-refractivity contribution is 7.90. The first-order valence-corrected chi connectivity index (χ1v) is 4.65. The van der Waals surface area contributed by atoms with Crippen molar-refractivity contribution >= 4 is 16.1 Å². The third-order valence-corrected chi connectivity index (χ3v) is 2.40. The van der Waals surface area contributed by atoms with Crippen LogP contribution >= 0.6 is 0 Å². The number of hydrogen-bond acceptors (Lipinski definition) is 4. The van der Waals surface area contributed by atoms with E-state index >= 15 is 0 Å². The Bertz CT molecular complexity index is 421. The van der Waals surface area contributed by atoms with E-state index in [1.807, 2.05) is 0 Å². The molecule has 1 rings (SSSR count). The van der Waals surface area contributed by atoms with E-state index < -0.39 is 16.1 Å². The topological polar surface area (TPSA) is 101 Å². The number of carboxylic acid groups (broad SMARTS) is 1. The molecule has 0 bridgehead atoms. The molecule has 0 fully saturated rings. The summed E-state index contributed by atoms with van der Waals surface area (Å²) in [5.41, 5.74) is 0. The van der Waals surface area contributed by atoms with Crippen LogP contribution in [0.1, 0.15) is 0 Å². The lowest BCUT2D eigenvalue weighted by atomic mass is 10.7. The number of nitrogens with one attached hydrogen (secondary N) is 1. The molecule has 7 nitrogen and oxygen atoms in total. The maximum absolute atomic E-state index is 11.1. The molecule has 0 aliphatic rings. The summed E-state index contributed by atoms with van der Waals surface area (Å²) in [6.45, 7) is 0. The fourth-order valence-corrected chi connectivity index (χ4v) is 1.52. The van der Waals surface area contributed by atoms with Gasteiger partial charge in [0.2, 0.25) is 0 Å². The summed E-state index contributed by atoms with van der Waals surface area (Å²) >= 11 is 0. The minimum absolute atomic E-state index is 0.322. The third kappa shape index (κ3) is 2.18. The molecule has 72 valence electrons. The summed E-state index contributed by atoms with van der Waals surface area (Å²) in [7, 11) is -2.49. The molecule has 1 amide bonds. The first-order valence-electron chi connectivity index (χ1n) is 3.17. The minimum Gasteiger partial charge on any atom is -0.464 e.